The van der Waals surface area contributed by atoms with E-state index in [1.807, 2.05) is 24.3 Å². The zero-order valence-electron chi connectivity index (χ0n) is 12.0. The summed E-state index contributed by atoms with van der Waals surface area (Å²) < 4.78 is 16.9. The Balaban J connectivity index is 0.00000144. The average Bonchev–Trinajstić information content (AvgIpc) is 3.17. The van der Waals surface area contributed by atoms with E-state index in [0.29, 0.717) is 24.1 Å². The summed E-state index contributed by atoms with van der Waals surface area (Å²) in [4.78, 5) is 4.45. The molecule has 7 heteroatoms. The third kappa shape index (κ3) is 2.53. The Labute approximate surface area is 134 Å². The molecule has 0 saturated heterocycles. The Kier molecular flexibility index (Phi) is 3.97. The lowest BCUT2D eigenvalue weighted by Gasteiger charge is -2.23. The van der Waals surface area contributed by atoms with E-state index in [1.54, 1.807) is 0 Å². The van der Waals surface area contributed by atoms with Crippen molar-refractivity contribution in [2.45, 2.75) is 37.3 Å². The van der Waals surface area contributed by atoms with Gasteiger partial charge in [-0.3, -0.25) is 0 Å². The summed E-state index contributed by atoms with van der Waals surface area (Å²) in [5.74, 6) is 2.44. The van der Waals surface area contributed by atoms with Crippen LogP contribution in [0.1, 0.15) is 43.5 Å². The molecule has 2 heterocycles. The molecule has 2 N–H and O–H groups in total. The molecule has 6 nitrogen and oxygen atoms in total. The van der Waals surface area contributed by atoms with Crippen molar-refractivity contribution in [3.05, 3.63) is 36.0 Å². The molecule has 2 aromatic rings. The van der Waals surface area contributed by atoms with Crippen molar-refractivity contribution in [1.29, 1.82) is 0 Å². The maximum absolute atomic E-state index is 6.34. The van der Waals surface area contributed by atoms with E-state index in [9.17, 15) is 0 Å². The van der Waals surface area contributed by atoms with Gasteiger partial charge in [0.25, 0.3) is 5.89 Å². The second kappa shape index (κ2) is 5.78. The number of aromatic nitrogens is 2. The molecule has 0 spiro atoms. The Morgan fingerprint density at radius 2 is 1.86 bits per heavy atom. The summed E-state index contributed by atoms with van der Waals surface area (Å²) >= 11 is 0. The molecule has 1 aromatic carbocycles. The first-order valence-corrected chi connectivity index (χ1v) is 7.26. The highest BCUT2D eigenvalue weighted by Gasteiger charge is 2.37. The molecule has 2 aliphatic rings. The summed E-state index contributed by atoms with van der Waals surface area (Å²) in [7, 11) is 0. The number of hydrogen-bond acceptors (Lipinski definition) is 6. The largest absolute Gasteiger partial charge is 0.485 e. The van der Waals surface area contributed by atoms with Crippen molar-refractivity contribution in [2.75, 3.05) is 6.61 Å². The van der Waals surface area contributed by atoms with Crippen LogP contribution in [-0.2, 0) is 5.54 Å². The third-order valence-electron chi connectivity index (χ3n) is 4.17. The maximum atomic E-state index is 6.34. The van der Waals surface area contributed by atoms with Gasteiger partial charge in [-0.25, -0.2) is 0 Å². The van der Waals surface area contributed by atoms with E-state index in [-0.39, 0.29) is 18.5 Å². The van der Waals surface area contributed by atoms with Gasteiger partial charge in [0.15, 0.2) is 17.3 Å². The first kappa shape index (κ1) is 15.1. The van der Waals surface area contributed by atoms with Gasteiger partial charge in [-0.15, -0.1) is 12.4 Å². The van der Waals surface area contributed by atoms with Crippen LogP contribution in [0.3, 0.4) is 0 Å². The molecule has 0 amide bonds. The summed E-state index contributed by atoms with van der Waals surface area (Å²) in [6.07, 6.45) is 3.63. The Bertz CT molecular complexity index is 655. The van der Waals surface area contributed by atoms with E-state index < -0.39 is 5.54 Å². The van der Waals surface area contributed by atoms with Gasteiger partial charge in [-0.05, 0) is 25.0 Å². The predicted molar refractivity (Wildman–Crippen MR) is 81.2 cm³/mol. The second-order valence-corrected chi connectivity index (χ2v) is 5.68. The standard InChI is InChI=1S/C15H17N3O3.ClH/c16-15(7-3-4-8-15)14-17-13(21-18-14)12-9-19-10-5-1-2-6-11(10)20-12;/h1-2,5-6,12H,3-4,7-9,16H2;1H. The van der Waals surface area contributed by atoms with Gasteiger partial charge in [0, 0.05) is 0 Å². The summed E-state index contributed by atoms with van der Waals surface area (Å²) in [6, 6.07) is 7.54. The maximum Gasteiger partial charge on any atom is 0.271 e. The average molecular weight is 324 g/mol. The smallest absolute Gasteiger partial charge is 0.271 e. The second-order valence-electron chi connectivity index (χ2n) is 5.68. The monoisotopic (exact) mass is 323 g/mol. The van der Waals surface area contributed by atoms with Gasteiger partial charge >= 0.3 is 0 Å². The Morgan fingerprint density at radius 3 is 2.64 bits per heavy atom. The lowest BCUT2D eigenvalue weighted by Crippen LogP contribution is -2.34. The van der Waals surface area contributed by atoms with E-state index >= 15 is 0 Å². The molecule has 0 radical (unpaired) electrons. The summed E-state index contributed by atoms with van der Waals surface area (Å²) in [5.41, 5.74) is 5.89. The highest BCUT2D eigenvalue weighted by atomic mass is 35.5. The fraction of sp³-hybridized carbons (Fsp3) is 0.467. The zero-order valence-corrected chi connectivity index (χ0v) is 12.8. The first-order valence-electron chi connectivity index (χ1n) is 7.26. The van der Waals surface area contributed by atoms with Gasteiger partial charge in [-0.2, -0.15) is 4.98 Å². The molecule has 118 valence electrons. The number of halogens is 1. The molecule has 0 bridgehead atoms. The molecule has 1 aliphatic heterocycles. The van der Waals surface area contributed by atoms with Gasteiger partial charge < -0.3 is 19.7 Å². The number of para-hydroxylation sites is 2. The van der Waals surface area contributed by atoms with Crippen molar-refractivity contribution < 1.29 is 14.0 Å². The van der Waals surface area contributed by atoms with Crippen molar-refractivity contribution in [2.24, 2.45) is 5.73 Å². The normalized spacial score (nSPS) is 22.1. The fourth-order valence-electron chi connectivity index (χ4n) is 2.94. The molecule has 1 aliphatic carbocycles. The van der Waals surface area contributed by atoms with Crippen molar-refractivity contribution in [3.63, 3.8) is 0 Å². The summed E-state index contributed by atoms with van der Waals surface area (Å²) in [6.45, 7) is 0.357. The number of fused-ring (bicyclic) bond motifs is 1. The van der Waals surface area contributed by atoms with Crippen LogP contribution in [-0.4, -0.2) is 16.7 Å². The van der Waals surface area contributed by atoms with E-state index in [1.165, 1.54) is 0 Å². The van der Waals surface area contributed by atoms with Crippen LogP contribution < -0.4 is 15.2 Å². The molecule has 4 rings (SSSR count). The van der Waals surface area contributed by atoms with Gasteiger partial charge in [0.05, 0.1) is 5.54 Å². The van der Waals surface area contributed by atoms with Crippen LogP contribution >= 0.6 is 12.4 Å². The minimum absolute atomic E-state index is 0. The lowest BCUT2D eigenvalue weighted by molar-refractivity contribution is 0.0665. The molecular formula is C15H18ClN3O3. The number of nitrogens with two attached hydrogens (primary N) is 1. The van der Waals surface area contributed by atoms with Crippen LogP contribution in [0.4, 0.5) is 0 Å². The molecule has 1 fully saturated rings. The molecule has 1 saturated carbocycles. The lowest BCUT2D eigenvalue weighted by atomic mass is 9.99. The summed E-state index contributed by atoms with van der Waals surface area (Å²) in [5, 5.41) is 4.05. The van der Waals surface area contributed by atoms with Gasteiger partial charge in [0.1, 0.15) is 6.61 Å². The zero-order chi connectivity index (χ0) is 14.3. The van der Waals surface area contributed by atoms with Crippen molar-refractivity contribution in [3.8, 4) is 11.5 Å². The quantitative estimate of drug-likeness (QED) is 0.915. The van der Waals surface area contributed by atoms with Gasteiger partial charge in [-0.1, -0.05) is 30.1 Å². The van der Waals surface area contributed by atoms with Crippen molar-refractivity contribution in [1.82, 2.24) is 10.1 Å². The molecule has 1 atom stereocenters. The van der Waals surface area contributed by atoms with Crippen LogP contribution in [0.15, 0.2) is 28.8 Å². The Hall–Kier alpha value is -1.79. The number of ether oxygens (including phenoxy) is 2. The van der Waals surface area contributed by atoms with Crippen molar-refractivity contribution >= 4 is 12.4 Å². The van der Waals surface area contributed by atoms with E-state index in [2.05, 4.69) is 10.1 Å². The minimum Gasteiger partial charge on any atom is -0.485 e. The third-order valence-corrected chi connectivity index (χ3v) is 4.17. The number of nitrogens with zero attached hydrogens (tertiary/aromatic N) is 2. The highest BCUT2D eigenvalue weighted by Crippen LogP contribution is 2.37. The Morgan fingerprint density at radius 1 is 1.14 bits per heavy atom. The number of hydrogen-bond donors (Lipinski definition) is 1. The van der Waals surface area contributed by atoms with Gasteiger partial charge in [0.2, 0.25) is 6.10 Å². The minimum atomic E-state index is -0.449. The highest BCUT2D eigenvalue weighted by molar-refractivity contribution is 5.85. The van der Waals surface area contributed by atoms with Crippen LogP contribution in [0.2, 0.25) is 0 Å². The number of rotatable bonds is 2. The van der Waals surface area contributed by atoms with Crippen LogP contribution in [0.25, 0.3) is 0 Å². The van der Waals surface area contributed by atoms with E-state index in [0.717, 1.165) is 31.4 Å². The van der Waals surface area contributed by atoms with E-state index in [4.69, 9.17) is 19.7 Å². The first-order chi connectivity index (χ1) is 10.2. The predicted octanol–water partition coefficient (Wildman–Crippen LogP) is 2.73. The molecule has 22 heavy (non-hydrogen) atoms. The molecular weight excluding hydrogens is 306 g/mol. The topological polar surface area (TPSA) is 83.4 Å². The number of benzene rings is 1. The van der Waals surface area contributed by atoms with Crippen LogP contribution in [0, 0.1) is 0 Å². The van der Waals surface area contributed by atoms with Crippen LogP contribution in [0.5, 0.6) is 11.5 Å². The fourth-order valence-corrected chi connectivity index (χ4v) is 2.94. The molecule has 1 aromatic heterocycles. The SMILES string of the molecule is Cl.NC1(c2noc(C3COc4ccccc4O3)n2)CCCC1. The molecule has 1 unspecified atom stereocenters.